The van der Waals surface area contributed by atoms with Crippen LogP contribution in [0.5, 0.6) is 0 Å². The van der Waals surface area contributed by atoms with Crippen LogP contribution in [0.25, 0.3) is 0 Å². The SMILES string of the molecule is O=C(c1ccc(I)cc1)c1cnns1. The first kappa shape index (κ1) is 9.72. The van der Waals surface area contributed by atoms with E-state index in [4.69, 9.17) is 0 Å². The van der Waals surface area contributed by atoms with Crippen molar-refractivity contribution >= 4 is 39.9 Å². The average molecular weight is 316 g/mol. The summed E-state index contributed by atoms with van der Waals surface area (Å²) in [6.07, 6.45) is 1.49. The van der Waals surface area contributed by atoms with Crippen molar-refractivity contribution in [3.8, 4) is 0 Å². The fourth-order valence-corrected chi connectivity index (χ4v) is 1.85. The molecule has 0 saturated carbocycles. The second-order valence-corrected chi connectivity index (χ2v) is 4.65. The number of aromatic nitrogens is 2. The van der Waals surface area contributed by atoms with Crippen LogP contribution >= 0.6 is 34.1 Å². The van der Waals surface area contributed by atoms with Gasteiger partial charge in [-0.05, 0) is 58.4 Å². The van der Waals surface area contributed by atoms with Gasteiger partial charge in [0.05, 0.1) is 6.20 Å². The molecule has 1 aromatic carbocycles. The van der Waals surface area contributed by atoms with Gasteiger partial charge >= 0.3 is 0 Å². The van der Waals surface area contributed by atoms with Crippen LogP contribution in [0, 0.1) is 3.57 Å². The zero-order valence-corrected chi connectivity index (χ0v) is 9.95. The van der Waals surface area contributed by atoms with E-state index in [0.717, 1.165) is 15.1 Å². The Kier molecular flexibility index (Phi) is 2.87. The molecule has 0 atom stereocenters. The second kappa shape index (κ2) is 4.14. The number of carbonyl (C=O) groups excluding carboxylic acids is 1. The van der Waals surface area contributed by atoms with Crippen LogP contribution in [0.3, 0.4) is 0 Å². The van der Waals surface area contributed by atoms with Crippen molar-refractivity contribution in [2.24, 2.45) is 0 Å². The summed E-state index contributed by atoms with van der Waals surface area (Å²) in [6, 6.07) is 7.43. The third-order valence-electron chi connectivity index (χ3n) is 1.69. The van der Waals surface area contributed by atoms with Gasteiger partial charge in [0.1, 0.15) is 4.88 Å². The molecule has 2 rings (SSSR count). The zero-order valence-electron chi connectivity index (χ0n) is 6.98. The molecule has 5 heteroatoms. The minimum atomic E-state index is -0.0172. The first-order chi connectivity index (χ1) is 6.77. The molecule has 0 unspecified atom stereocenters. The van der Waals surface area contributed by atoms with Gasteiger partial charge in [0, 0.05) is 9.13 Å². The van der Waals surface area contributed by atoms with Crippen molar-refractivity contribution in [2.75, 3.05) is 0 Å². The van der Waals surface area contributed by atoms with Crippen LogP contribution in [0.1, 0.15) is 15.2 Å². The molecule has 0 saturated heterocycles. The summed E-state index contributed by atoms with van der Waals surface area (Å²) in [5.74, 6) is -0.0172. The quantitative estimate of drug-likeness (QED) is 0.631. The van der Waals surface area contributed by atoms with Crippen LogP contribution in [-0.4, -0.2) is 15.4 Å². The third-order valence-corrected chi connectivity index (χ3v) is 3.07. The van der Waals surface area contributed by atoms with E-state index in [0.29, 0.717) is 10.4 Å². The third kappa shape index (κ3) is 1.98. The summed E-state index contributed by atoms with van der Waals surface area (Å²) < 4.78 is 4.77. The van der Waals surface area contributed by atoms with Crippen LogP contribution in [0.2, 0.25) is 0 Å². The van der Waals surface area contributed by atoms with E-state index in [1.807, 2.05) is 24.3 Å². The minimum Gasteiger partial charge on any atom is -0.288 e. The highest BCUT2D eigenvalue weighted by atomic mass is 127. The minimum absolute atomic E-state index is 0.0172. The van der Waals surface area contributed by atoms with Gasteiger partial charge in [-0.2, -0.15) is 0 Å². The number of ketones is 1. The maximum atomic E-state index is 11.7. The standard InChI is InChI=1S/C9H5IN2OS/c10-7-3-1-6(2-4-7)9(13)8-5-11-12-14-8/h1-5H. The Morgan fingerprint density at radius 3 is 2.57 bits per heavy atom. The smallest absolute Gasteiger partial charge is 0.206 e. The van der Waals surface area contributed by atoms with Crippen molar-refractivity contribution in [3.05, 3.63) is 44.5 Å². The van der Waals surface area contributed by atoms with Gasteiger partial charge in [0.15, 0.2) is 0 Å². The summed E-state index contributed by atoms with van der Waals surface area (Å²) in [6.45, 7) is 0. The van der Waals surface area contributed by atoms with Gasteiger partial charge in [0.2, 0.25) is 5.78 Å². The number of hydrogen-bond donors (Lipinski definition) is 0. The molecule has 3 nitrogen and oxygen atoms in total. The van der Waals surface area contributed by atoms with Gasteiger partial charge in [-0.15, -0.1) is 5.10 Å². The second-order valence-electron chi connectivity index (χ2n) is 2.62. The normalized spacial score (nSPS) is 10.1. The van der Waals surface area contributed by atoms with Crippen LogP contribution in [0.4, 0.5) is 0 Å². The molecular formula is C9H5IN2OS. The Morgan fingerprint density at radius 2 is 2.00 bits per heavy atom. The molecule has 0 fully saturated rings. The summed E-state index contributed by atoms with van der Waals surface area (Å²) in [4.78, 5) is 12.3. The fraction of sp³-hybridized carbons (Fsp3) is 0. The summed E-state index contributed by atoms with van der Waals surface area (Å²) in [5, 5.41) is 3.63. The van der Waals surface area contributed by atoms with Crippen LogP contribution < -0.4 is 0 Å². The van der Waals surface area contributed by atoms with Gasteiger partial charge in [-0.3, -0.25) is 4.79 Å². The van der Waals surface area contributed by atoms with E-state index in [1.54, 1.807) is 0 Å². The van der Waals surface area contributed by atoms with Gasteiger partial charge in [0.25, 0.3) is 0 Å². The molecule has 0 aliphatic heterocycles. The van der Waals surface area contributed by atoms with Crippen molar-refractivity contribution in [3.63, 3.8) is 0 Å². The molecule has 0 aliphatic rings. The van der Waals surface area contributed by atoms with E-state index in [9.17, 15) is 4.79 Å². The molecule has 0 N–H and O–H groups in total. The Hall–Kier alpha value is -0.820. The van der Waals surface area contributed by atoms with E-state index < -0.39 is 0 Å². The Balaban J connectivity index is 2.33. The van der Waals surface area contributed by atoms with E-state index >= 15 is 0 Å². The number of hydrogen-bond acceptors (Lipinski definition) is 4. The van der Waals surface area contributed by atoms with Crippen LogP contribution in [-0.2, 0) is 0 Å². The zero-order chi connectivity index (χ0) is 9.97. The first-order valence-corrected chi connectivity index (χ1v) is 5.70. The van der Waals surface area contributed by atoms with E-state index in [-0.39, 0.29) is 5.78 Å². The monoisotopic (exact) mass is 316 g/mol. The van der Waals surface area contributed by atoms with Crippen molar-refractivity contribution < 1.29 is 4.79 Å². The highest BCUT2D eigenvalue weighted by Crippen LogP contribution is 2.13. The van der Waals surface area contributed by atoms with Crippen molar-refractivity contribution in [2.45, 2.75) is 0 Å². The number of carbonyl (C=O) groups is 1. The molecule has 0 spiro atoms. The maximum absolute atomic E-state index is 11.7. The number of benzene rings is 1. The van der Waals surface area contributed by atoms with Gasteiger partial charge in [-0.25, -0.2) is 0 Å². The van der Waals surface area contributed by atoms with Gasteiger partial charge < -0.3 is 0 Å². The molecule has 2 aromatic rings. The first-order valence-electron chi connectivity index (χ1n) is 3.85. The average Bonchev–Trinajstić information content (AvgIpc) is 2.71. The maximum Gasteiger partial charge on any atom is 0.206 e. The van der Waals surface area contributed by atoms with E-state index in [2.05, 4.69) is 32.2 Å². The Labute approximate surface area is 98.5 Å². The molecule has 14 heavy (non-hydrogen) atoms. The number of rotatable bonds is 2. The number of halogens is 1. The fourth-order valence-electron chi connectivity index (χ4n) is 1.01. The molecule has 0 aliphatic carbocycles. The lowest BCUT2D eigenvalue weighted by Crippen LogP contribution is -1.97. The molecule has 0 radical (unpaired) electrons. The number of nitrogens with zero attached hydrogens (tertiary/aromatic N) is 2. The molecule has 0 bridgehead atoms. The predicted molar refractivity (Wildman–Crippen MR) is 62.5 cm³/mol. The van der Waals surface area contributed by atoms with E-state index in [1.165, 1.54) is 6.20 Å². The lowest BCUT2D eigenvalue weighted by molar-refractivity contribution is 0.104. The molecule has 1 aromatic heterocycles. The van der Waals surface area contributed by atoms with Crippen LogP contribution in [0.15, 0.2) is 30.5 Å². The molecule has 0 amide bonds. The lowest BCUT2D eigenvalue weighted by atomic mass is 10.1. The highest BCUT2D eigenvalue weighted by molar-refractivity contribution is 14.1. The van der Waals surface area contributed by atoms with Crippen molar-refractivity contribution in [1.82, 2.24) is 9.59 Å². The molecule has 1 heterocycles. The highest BCUT2D eigenvalue weighted by Gasteiger charge is 2.10. The van der Waals surface area contributed by atoms with Crippen molar-refractivity contribution in [1.29, 1.82) is 0 Å². The summed E-state index contributed by atoms with van der Waals surface area (Å²) >= 11 is 3.32. The molecular weight excluding hydrogens is 311 g/mol. The predicted octanol–water partition coefficient (Wildman–Crippen LogP) is 2.37. The Morgan fingerprint density at radius 1 is 1.29 bits per heavy atom. The molecule has 70 valence electrons. The Bertz CT molecular complexity index is 438. The topological polar surface area (TPSA) is 42.9 Å². The summed E-state index contributed by atoms with van der Waals surface area (Å²) in [5.41, 5.74) is 0.677. The van der Waals surface area contributed by atoms with Gasteiger partial charge in [-0.1, -0.05) is 4.49 Å². The lowest BCUT2D eigenvalue weighted by Gasteiger charge is -1.96. The largest absolute Gasteiger partial charge is 0.288 e. The summed E-state index contributed by atoms with van der Waals surface area (Å²) in [7, 11) is 0.